The van der Waals surface area contributed by atoms with Gasteiger partial charge in [-0.15, -0.1) is 0 Å². The molecule has 0 aliphatic heterocycles. The van der Waals surface area contributed by atoms with Gasteiger partial charge in [0, 0.05) is 17.6 Å². The van der Waals surface area contributed by atoms with Crippen molar-refractivity contribution >= 4 is 34.9 Å². The van der Waals surface area contributed by atoms with Gasteiger partial charge in [-0.1, -0.05) is 23.2 Å². The topological polar surface area (TPSA) is 40.5 Å². The van der Waals surface area contributed by atoms with Gasteiger partial charge in [-0.05, 0) is 32.0 Å². The Bertz CT molecular complexity index is 407. The standard InChI is InChI=1S/C12H15Cl2NO2/c1-8(2)15(6-5-12(16)17)11-4-3-9(13)7-10(11)14/h3-4,7-8H,5-6H2,1-2H3,(H,16,17). The van der Waals surface area contributed by atoms with Crippen molar-refractivity contribution in [3.63, 3.8) is 0 Å². The highest BCUT2D eigenvalue weighted by Gasteiger charge is 2.15. The van der Waals surface area contributed by atoms with E-state index in [1.807, 2.05) is 24.8 Å². The average molecular weight is 276 g/mol. The first-order chi connectivity index (χ1) is 7.91. The van der Waals surface area contributed by atoms with Crippen LogP contribution in [0.2, 0.25) is 10.0 Å². The van der Waals surface area contributed by atoms with Gasteiger partial charge in [-0.2, -0.15) is 0 Å². The molecule has 94 valence electrons. The van der Waals surface area contributed by atoms with Gasteiger partial charge in [0.25, 0.3) is 0 Å². The molecule has 3 nitrogen and oxygen atoms in total. The van der Waals surface area contributed by atoms with Crippen molar-refractivity contribution in [2.75, 3.05) is 11.4 Å². The van der Waals surface area contributed by atoms with Crippen LogP contribution < -0.4 is 4.90 Å². The van der Waals surface area contributed by atoms with E-state index in [-0.39, 0.29) is 12.5 Å². The van der Waals surface area contributed by atoms with Crippen molar-refractivity contribution in [1.82, 2.24) is 0 Å². The van der Waals surface area contributed by atoms with Crippen molar-refractivity contribution in [2.24, 2.45) is 0 Å². The summed E-state index contributed by atoms with van der Waals surface area (Å²) in [6.45, 7) is 4.41. The predicted molar refractivity (Wildman–Crippen MR) is 71.2 cm³/mol. The normalized spacial score (nSPS) is 10.6. The van der Waals surface area contributed by atoms with Gasteiger partial charge >= 0.3 is 5.97 Å². The van der Waals surface area contributed by atoms with E-state index in [9.17, 15) is 4.79 Å². The van der Waals surface area contributed by atoms with Crippen LogP contribution in [0.3, 0.4) is 0 Å². The summed E-state index contributed by atoms with van der Waals surface area (Å²) in [4.78, 5) is 12.6. The minimum absolute atomic E-state index is 0.0805. The molecule has 1 aromatic carbocycles. The third-order valence-corrected chi connectivity index (χ3v) is 2.95. The monoisotopic (exact) mass is 275 g/mol. The molecule has 0 amide bonds. The number of aliphatic carboxylic acids is 1. The molecule has 0 saturated heterocycles. The van der Waals surface area contributed by atoms with Crippen LogP contribution >= 0.6 is 23.2 Å². The van der Waals surface area contributed by atoms with Gasteiger partial charge in [-0.25, -0.2) is 0 Å². The lowest BCUT2D eigenvalue weighted by Crippen LogP contribution is -2.33. The van der Waals surface area contributed by atoms with Crippen molar-refractivity contribution in [2.45, 2.75) is 26.3 Å². The summed E-state index contributed by atoms with van der Waals surface area (Å²) in [5.41, 5.74) is 0.812. The number of nitrogens with zero attached hydrogens (tertiary/aromatic N) is 1. The Morgan fingerprint density at radius 2 is 2.06 bits per heavy atom. The Morgan fingerprint density at radius 3 is 2.53 bits per heavy atom. The summed E-state index contributed by atoms with van der Waals surface area (Å²) in [6.07, 6.45) is 0.0805. The fourth-order valence-electron chi connectivity index (χ4n) is 1.59. The van der Waals surface area contributed by atoms with Gasteiger partial charge in [0.05, 0.1) is 17.1 Å². The zero-order chi connectivity index (χ0) is 13.0. The molecule has 17 heavy (non-hydrogen) atoms. The van der Waals surface area contributed by atoms with E-state index in [4.69, 9.17) is 28.3 Å². The van der Waals surface area contributed by atoms with Crippen molar-refractivity contribution in [3.05, 3.63) is 28.2 Å². The Labute approximate surface area is 111 Å². The van der Waals surface area contributed by atoms with Crippen LogP contribution in [-0.4, -0.2) is 23.7 Å². The van der Waals surface area contributed by atoms with Crippen LogP contribution in [0.5, 0.6) is 0 Å². The van der Waals surface area contributed by atoms with E-state index in [1.54, 1.807) is 12.1 Å². The van der Waals surface area contributed by atoms with E-state index in [1.165, 1.54) is 0 Å². The van der Waals surface area contributed by atoms with E-state index in [2.05, 4.69) is 0 Å². The number of rotatable bonds is 5. The molecule has 0 atom stereocenters. The molecule has 0 unspecified atom stereocenters. The van der Waals surface area contributed by atoms with Gasteiger partial charge in [0.2, 0.25) is 0 Å². The summed E-state index contributed by atoms with van der Waals surface area (Å²) in [5.74, 6) is -0.819. The van der Waals surface area contributed by atoms with Crippen molar-refractivity contribution in [3.8, 4) is 0 Å². The number of hydrogen-bond acceptors (Lipinski definition) is 2. The highest BCUT2D eigenvalue weighted by molar-refractivity contribution is 6.36. The van der Waals surface area contributed by atoms with Gasteiger partial charge in [-0.3, -0.25) is 4.79 Å². The summed E-state index contributed by atoms with van der Waals surface area (Å²) >= 11 is 11.9. The SMILES string of the molecule is CC(C)N(CCC(=O)O)c1ccc(Cl)cc1Cl. The molecule has 0 bridgehead atoms. The van der Waals surface area contributed by atoms with Gasteiger partial charge in [0.1, 0.15) is 0 Å². The maximum Gasteiger partial charge on any atom is 0.305 e. The first kappa shape index (κ1) is 14.1. The predicted octanol–water partition coefficient (Wildman–Crippen LogP) is 3.68. The Kier molecular flexibility index (Phi) is 5.09. The number of carbonyl (C=O) groups is 1. The molecule has 0 radical (unpaired) electrons. The molecule has 0 aliphatic carbocycles. The summed E-state index contributed by atoms with van der Waals surface area (Å²) < 4.78 is 0. The van der Waals surface area contributed by atoms with Gasteiger partial charge in [0.15, 0.2) is 0 Å². The van der Waals surface area contributed by atoms with Crippen molar-refractivity contribution in [1.29, 1.82) is 0 Å². The fraction of sp³-hybridized carbons (Fsp3) is 0.417. The minimum atomic E-state index is -0.819. The van der Waals surface area contributed by atoms with Crippen LogP contribution in [0.25, 0.3) is 0 Å². The molecule has 0 heterocycles. The number of anilines is 1. The molecular weight excluding hydrogens is 261 g/mol. The first-order valence-corrected chi connectivity index (χ1v) is 6.11. The number of benzene rings is 1. The van der Waals surface area contributed by atoms with E-state index >= 15 is 0 Å². The zero-order valence-corrected chi connectivity index (χ0v) is 11.3. The second-order valence-electron chi connectivity index (χ2n) is 4.03. The summed E-state index contributed by atoms with van der Waals surface area (Å²) in [5, 5.41) is 9.83. The largest absolute Gasteiger partial charge is 0.481 e. The molecule has 5 heteroatoms. The van der Waals surface area contributed by atoms with E-state index < -0.39 is 5.97 Å². The number of hydrogen-bond donors (Lipinski definition) is 1. The molecule has 0 aliphatic rings. The highest BCUT2D eigenvalue weighted by Crippen LogP contribution is 2.30. The Balaban J connectivity index is 2.93. The lowest BCUT2D eigenvalue weighted by Gasteiger charge is -2.29. The lowest BCUT2D eigenvalue weighted by molar-refractivity contribution is -0.136. The fourth-order valence-corrected chi connectivity index (χ4v) is 2.10. The second kappa shape index (κ2) is 6.12. The maximum absolute atomic E-state index is 10.6. The van der Waals surface area contributed by atoms with Crippen LogP contribution in [-0.2, 0) is 4.79 Å². The summed E-state index contributed by atoms with van der Waals surface area (Å²) in [6, 6.07) is 5.40. The molecule has 0 aromatic heterocycles. The van der Waals surface area contributed by atoms with Gasteiger partial charge < -0.3 is 10.0 Å². The van der Waals surface area contributed by atoms with E-state index in [0.717, 1.165) is 5.69 Å². The van der Waals surface area contributed by atoms with Crippen molar-refractivity contribution < 1.29 is 9.90 Å². The average Bonchev–Trinajstić information content (AvgIpc) is 2.20. The minimum Gasteiger partial charge on any atom is -0.481 e. The Hall–Kier alpha value is -0.930. The highest BCUT2D eigenvalue weighted by atomic mass is 35.5. The van der Waals surface area contributed by atoms with Crippen LogP contribution in [0.1, 0.15) is 20.3 Å². The number of carboxylic acids is 1. The molecule has 1 N–H and O–H groups in total. The van der Waals surface area contributed by atoms with Crippen LogP contribution in [0.4, 0.5) is 5.69 Å². The molecule has 0 saturated carbocycles. The molecule has 0 fully saturated rings. The third-order valence-electron chi connectivity index (χ3n) is 2.41. The van der Waals surface area contributed by atoms with E-state index in [0.29, 0.717) is 16.6 Å². The maximum atomic E-state index is 10.6. The number of halogens is 2. The quantitative estimate of drug-likeness (QED) is 0.891. The first-order valence-electron chi connectivity index (χ1n) is 5.35. The Morgan fingerprint density at radius 1 is 1.41 bits per heavy atom. The third kappa shape index (κ3) is 4.10. The lowest BCUT2D eigenvalue weighted by atomic mass is 10.2. The van der Waals surface area contributed by atoms with Crippen LogP contribution in [0.15, 0.2) is 18.2 Å². The smallest absolute Gasteiger partial charge is 0.305 e. The molecule has 1 aromatic rings. The zero-order valence-electron chi connectivity index (χ0n) is 9.78. The molecular formula is C12H15Cl2NO2. The molecule has 0 spiro atoms. The molecule has 1 rings (SSSR count). The second-order valence-corrected chi connectivity index (χ2v) is 4.87. The van der Waals surface area contributed by atoms with Crippen LogP contribution in [0, 0.1) is 0 Å². The number of carboxylic acid groups (broad SMARTS) is 1. The summed E-state index contributed by atoms with van der Waals surface area (Å²) in [7, 11) is 0.